The summed E-state index contributed by atoms with van der Waals surface area (Å²) in [5.74, 6) is 0.482. The van der Waals surface area contributed by atoms with Gasteiger partial charge < -0.3 is 19.1 Å². The third kappa shape index (κ3) is 5.31. The maximum absolute atomic E-state index is 14.2. The molecule has 0 saturated carbocycles. The smallest absolute Gasteiger partial charge is 0.292 e. The molecule has 2 amide bonds. The number of likely N-dealkylation sites (tertiary alicyclic amines) is 1. The van der Waals surface area contributed by atoms with E-state index in [4.69, 9.17) is 32.5 Å². The molecule has 2 aliphatic heterocycles. The summed E-state index contributed by atoms with van der Waals surface area (Å²) in [7, 11) is 0. The van der Waals surface area contributed by atoms with Crippen molar-refractivity contribution >= 4 is 40.7 Å². The Kier molecular flexibility index (Phi) is 7.26. The number of halogens is 2. The quantitative estimate of drug-likeness (QED) is 0.263. The van der Waals surface area contributed by atoms with Crippen LogP contribution in [0.2, 0.25) is 10.0 Å². The van der Waals surface area contributed by atoms with E-state index in [1.807, 2.05) is 54.6 Å². The van der Waals surface area contributed by atoms with Gasteiger partial charge in [0.15, 0.2) is 0 Å². The molecule has 204 valence electrons. The molecule has 0 bridgehead atoms. The Labute approximate surface area is 242 Å². The molecule has 2 aliphatic rings. The Morgan fingerprint density at radius 2 is 1.77 bits per heavy atom. The summed E-state index contributed by atoms with van der Waals surface area (Å²) < 4.78 is 11.8. The molecule has 0 radical (unpaired) electrons. The first-order chi connectivity index (χ1) is 19.4. The highest BCUT2D eigenvalue weighted by Crippen LogP contribution is 2.43. The molecule has 2 fully saturated rings. The summed E-state index contributed by atoms with van der Waals surface area (Å²) >= 11 is 12.3. The Hall–Kier alpha value is -3.81. The lowest BCUT2D eigenvalue weighted by Crippen LogP contribution is -2.61. The summed E-state index contributed by atoms with van der Waals surface area (Å²) in [6.07, 6.45) is 1.48. The number of aromatic nitrogens is 1. The van der Waals surface area contributed by atoms with Crippen molar-refractivity contribution in [2.75, 3.05) is 24.5 Å². The normalized spacial score (nSPS) is 21.1. The van der Waals surface area contributed by atoms with Crippen LogP contribution in [0.25, 0.3) is 11.3 Å². The average Bonchev–Trinajstić information content (AvgIpc) is 3.46. The fourth-order valence-electron chi connectivity index (χ4n) is 5.74. The Bertz CT molecular complexity index is 1530. The molecule has 2 saturated heterocycles. The highest BCUT2D eigenvalue weighted by atomic mass is 35.5. The van der Waals surface area contributed by atoms with Crippen molar-refractivity contribution in [3.63, 3.8) is 0 Å². The van der Waals surface area contributed by atoms with Gasteiger partial charge in [-0.1, -0.05) is 64.8 Å². The lowest BCUT2D eigenvalue weighted by molar-refractivity contribution is -0.136. The lowest BCUT2D eigenvalue weighted by atomic mass is 9.71. The van der Waals surface area contributed by atoms with E-state index in [1.54, 1.807) is 40.1 Å². The number of piperidine rings is 2. The number of ether oxygens (including phenoxy) is 1. The van der Waals surface area contributed by atoms with Gasteiger partial charge in [0.25, 0.3) is 5.91 Å². The molecule has 2 atom stereocenters. The highest BCUT2D eigenvalue weighted by molar-refractivity contribution is 6.31. The van der Waals surface area contributed by atoms with Crippen molar-refractivity contribution in [3.05, 3.63) is 101 Å². The van der Waals surface area contributed by atoms with Crippen LogP contribution >= 0.6 is 23.2 Å². The molecule has 7 nitrogen and oxygen atoms in total. The minimum atomic E-state index is -0.822. The molecule has 0 N–H and O–H groups in total. The number of anilines is 1. The fraction of sp³-hybridized carbons (Fsp3) is 0.258. The van der Waals surface area contributed by atoms with Crippen molar-refractivity contribution in [1.82, 2.24) is 10.1 Å². The SMILES string of the molecule is O=C(c1cc(-c2ccccc2)no1)N1CCC[C@@]2(C[C@@H](Oc3cccc(Cl)c3)CN(c3ccc(Cl)cc3)C2=O)C1. The first-order valence-corrected chi connectivity index (χ1v) is 14.0. The van der Waals surface area contributed by atoms with Crippen LogP contribution in [0.1, 0.15) is 29.8 Å². The zero-order chi connectivity index (χ0) is 27.7. The van der Waals surface area contributed by atoms with Crippen LogP contribution in [-0.2, 0) is 4.79 Å². The molecule has 0 unspecified atom stereocenters. The van der Waals surface area contributed by atoms with Gasteiger partial charge in [-0.05, 0) is 55.3 Å². The van der Waals surface area contributed by atoms with Crippen LogP contribution < -0.4 is 9.64 Å². The van der Waals surface area contributed by atoms with E-state index in [1.165, 1.54) is 0 Å². The number of hydrogen-bond donors (Lipinski definition) is 0. The molecule has 3 heterocycles. The molecule has 1 spiro atoms. The van der Waals surface area contributed by atoms with E-state index in [0.29, 0.717) is 53.8 Å². The predicted octanol–water partition coefficient (Wildman–Crippen LogP) is 6.76. The second-order valence-electron chi connectivity index (χ2n) is 10.3. The van der Waals surface area contributed by atoms with E-state index in [9.17, 15) is 9.59 Å². The van der Waals surface area contributed by atoms with Crippen LogP contribution in [0.15, 0.2) is 89.5 Å². The summed E-state index contributed by atoms with van der Waals surface area (Å²) in [6.45, 7) is 1.15. The van der Waals surface area contributed by atoms with Gasteiger partial charge in [-0.25, -0.2) is 0 Å². The number of hydrogen-bond acceptors (Lipinski definition) is 5. The van der Waals surface area contributed by atoms with Crippen molar-refractivity contribution < 1.29 is 18.8 Å². The van der Waals surface area contributed by atoms with Gasteiger partial charge in [0.05, 0.1) is 12.0 Å². The molecular weight excluding hydrogens is 549 g/mol. The average molecular weight is 576 g/mol. The van der Waals surface area contributed by atoms with Crippen molar-refractivity contribution in [2.45, 2.75) is 25.4 Å². The van der Waals surface area contributed by atoms with Crippen molar-refractivity contribution in [2.24, 2.45) is 5.41 Å². The van der Waals surface area contributed by atoms with Gasteiger partial charge in [-0.3, -0.25) is 9.59 Å². The van der Waals surface area contributed by atoms with E-state index in [2.05, 4.69) is 5.16 Å². The highest BCUT2D eigenvalue weighted by Gasteiger charge is 2.51. The summed E-state index contributed by atoms with van der Waals surface area (Å²) in [5.41, 5.74) is 1.37. The van der Waals surface area contributed by atoms with Crippen LogP contribution in [0.3, 0.4) is 0 Å². The van der Waals surface area contributed by atoms with Crippen LogP contribution in [0.4, 0.5) is 5.69 Å². The first-order valence-electron chi connectivity index (χ1n) is 13.2. The largest absolute Gasteiger partial charge is 0.488 e. The van der Waals surface area contributed by atoms with Crippen molar-refractivity contribution in [1.29, 1.82) is 0 Å². The molecule has 9 heteroatoms. The zero-order valence-electron chi connectivity index (χ0n) is 21.6. The monoisotopic (exact) mass is 575 g/mol. The van der Waals surface area contributed by atoms with Crippen molar-refractivity contribution in [3.8, 4) is 17.0 Å². The third-order valence-electron chi connectivity index (χ3n) is 7.60. The second-order valence-corrected chi connectivity index (χ2v) is 11.2. The standard InChI is InChI=1S/C31H27Cl2N3O4/c32-22-10-12-24(13-11-22)36-19-26(39-25-9-4-8-23(33)16-25)18-31(30(36)38)14-5-15-35(20-31)29(37)28-17-27(34-40-28)21-6-2-1-3-7-21/h1-4,6-13,16-17,26H,5,14-15,18-20H2/t26-,31-/m1/s1. The Balaban J connectivity index is 1.28. The van der Waals surface area contributed by atoms with Gasteiger partial charge in [-0.2, -0.15) is 0 Å². The Morgan fingerprint density at radius 3 is 2.55 bits per heavy atom. The molecular formula is C31H27Cl2N3O4. The zero-order valence-corrected chi connectivity index (χ0v) is 23.1. The molecule has 40 heavy (non-hydrogen) atoms. The summed E-state index contributed by atoms with van der Waals surface area (Å²) in [5, 5.41) is 5.27. The van der Waals surface area contributed by atoms with Gasteiger partial charge >= 0.3 is 0 Å². The number of carbonyl (C=O) groups is 2. The minimum Gasteiger partial charge on any atom is -0.488 e. The minimum absolute atomic E-state index is 0.0270. The van der Waals surface area contributed by atoms with E-state index < -0.39 is 5.41 Å². The first kappa shape index (κ1) is 26.4. The number of nitrogens with zero attached hydrogens (tertiary/aromatic N) is 3. The maximum Gasteiger partial charge on any atom is 0.292 e. The summed E-state index contributed by atoms with van der Waals surface area (Å²) in [6, 6.07) is 25.7. The van der Waals surface area contributed by atoms with Crippen LogP contribution in [0, 0.1) is 5.41 Å². The van der Waals surface area contributed by atoms with Gasteiger partial charge in [0.2, 0.25) is 11.7 Å². The van der Waals surface area contributed by atoms with Gasteiger partial charge in [-0.15, -0.1) is 0 Å². The second kappa shape index (κ2) is 11.0. The molecule has 6 rings (SSSR count). The number of carbonyl (C=O) groups excluding carboxylic acids is 2. The topological polar surface area (TPSA) is 75.9 Å². The molecule has 4 aromatic rings. The lowest BCUT2D eigenvalue weighted by Gasteiger charge is -2.49. The van der Waals surface area contributed by atoms with Crippen LogP contribution in [-0.4, -0.2) is 47.6 Å². The van der Waals surface area contributed by atoms with E-state index in [-0.39, 0.29) is 30.2 Å². The van der Waals surface area contributed by atoms with E-state index >= 15 is 0 Å². The molecule has 0 aliphatic carbocycles. The summed E-state index contributed by atoms with van der Waals surface area (Å²) in [4.78, 5) is 31.2. The van der Waals surface area contributed by atoms with Gasteiger partial charge in [0, 0.05) is 46.9 Å². The number of amides is 2. The predicted molar refractivity (Wildman–Crippen MR) is 154 cm³/mol. The fourth-order valence-corrected chi connectivity index (χ4v) is 6.05. The molecule has 1 aromatic heterocycles. The number of benzene rings is 3. The van der Waals surface area contributed by atoms with Gasteiger partial charge in [0.1, 0.15) is 17.5 Å². The van der Waals surface area contributed by atoms with E-state index in [0.717, 1.165) is 11.3 Å². The molecule has 3 aromatic carbocycles. The Morgan fingerprint density at radius 1 is 0.975 bits per heavy atom. The number of rotatable bonds is 5. The van der Waals surface area contributed by atoms with Crippen LogP contribution in [0.5, 0.6) is 5.75 Å². The third-order valence-corrected chi connectivity index (χ3v) is 8.08. The maximum atomic E-state index is 14.2.